The van der Waals surface area contributed by atoms with E-state index < -0.39 is 9.84 Å². The number of hydrogen-bond donors (Lipinski definition) is 0. The molecule has 2 unspecified atom stereocenters. The van der Waals surface area contributed by atoms with E-state index in [1.54, 1.807) is 0 Å². The first kappa shape index (κ1) is 7.06. The summed E-state index contributed by atoms with van der Waals surface area (Å²) >= 11 is 0. The highest BCUT2D eigenvalue weighted by atomic mass is 32.2. The second kappa shape index (κ2) is 1.97. The van der Waals surface area contributed by atoms with Gasteiger partial charge in [-0.25, -0.2) is 8.42 Å². The Bertz CT molecular complexity index is 177. The Morgan fingerprint density at radius 2 is 1.44 bits per heavy atom. The molecule has 0 saturated carbocycles. The maximum Gasteiger partial charge on any atom is 0.150 e. The first-order valence-electron chi connectivity index (χ1n) is 3.22. The molecule has 1 fully saturated rings. The lowest BCUT2D eigenvalue weighted by Crippen LogP contribution is -2.01. The molecule has 0 aliphatic carbocycles. The lowest BCUT2D eigenvalue weighted by molar-refractivity contribution is 0.494. The monoisotopic (exact) mass is 148 g/mol. The van der Waals surface area contributed by atoms with E-state index in [1.165, 1.54) is 0 Å². The highest BCUT2D eigenvalue weighted by Gasteiger charge is 2.30. The molecule has 54 valence electrons. The van der Waals surface area contributed by atoms with Gasteiger partial charge in [-0.15, -0.1) is 0 Å². The molecule has 2 atom stereocenters. The molecular weight excluding hydrogens is 136 g/mol. The summed E-state index contributed by atoms with van der Waals surface area (Å²) in [5.74, 6) is 1.53. The van der Waals surface area contributed by atoms with Crippen LogP contribution >= 0.6 is 0 Å². The second-order valence-corrected chi connectivity index (χ2v) is 5.19. The fourth-order valence-electron chi connectivity index (χ4n) is 1.20. The SMILES string of the molecule is CC1CS(=O)(=O)CC1C. The van der Waals surface area contributed by atoms with E-state index >= 15 is 0 Å². The van der Waals surface area contributed by atoms with Crippen molar-refractivity contribution in [3.05, 3.63) is 0 Å². The Morgan fingerprint density at radius 1 is 1.11 bits per heavy atom. The molecular formula is C6H12O2S. The van der Waals surface area contributed by atoms with Gasteiger partial charge in [-0.2, -0.15) is 0 Å². The summed E-state index contributed by atoms with van der Waals surface area (Å²) in [4.78, 5) is 0. The van der Waals surface area contributed by atoms with Crippen LogP contribution in [0.15, 0.2) is 0 Å². The van der Waals surface area contributed by atoms with E-state index in [0.29, 0.717) is 23.3 Å². The van der Waals surface area contributed by atoms with Crippen molar-refractivity contribution >= 4 is 9.84 Å². The summed E-state index contributed by atoms with van der Waals surface area (Å²) in [6, 6.07) is 0. The first-order chi connectivity index (χ1) is 4.01. The van der Waals surface area contributed by atoms with Gasteiger partial charge >= 0.3 is 0 Å². The van der Waals surface area contributed by atoms with Gasteiger partial charge < -0.3 is 0 Å². The third-order valence-electron chi connectivity index (χ3n) is 2.01. The van der Waals surface area contributed by atoms with E-state index in [4.69, 9.17) is 0 Å². The van der Waals surface area contributed by atoms with Gasteiger partial charge in [-0.05, 0) is 11.8 Å². The number of hydrogen-bond acceptors (Lipinski definition) is 2. The van der Waals surface area contributed by atoms with Crippen LogP contribution in [-0.4, -0.2) is 19.9 Å². The molecule has 0 amide bonds. The molecule has 0 aromatic heterocycles. The Balaban J connectivity index is 2.77. The molecule has 1 saturated heterocycles. The molecule has 1 heterocycles. The zero-order chi connectivity index (χ0) is 7.07. The van der Waals surface area contributed by atoms with Crippen molar-refractivity contribution in [2.45, 2.75) is 13.8 Å². The van der Waals surface area contributed by atoms with Crippen LogP contribution in [0.5, 0.6) is 0 Å². The minimum absolute atomic E-state index is 0.370. The van der Waals surface area contributed by atoms with Crippen LogP contribution < -0.4 is 0 Å². The predicted molar refractivity (Wildman–Crippen MR) is 37.0 cm³/mol. The van der Waals surface area contributed by atoms with Gasteiger partial charge in [0.2, 0.25) is 0 Å². The van der Waals surface area contributed by atoms with Crippen LogP contribution in [0.3, 0.4) is 0 Å². The summed E-state index contributed by atoms with van der Waals surface area (Å²) in [7, 11) is -2.64. The average molecular weight is 148 g/mol. The summed E-state index contributed by atoms with van der Waals surface area (Å²) in [6.45, 7) is 3.99. The largest absolute Gasteiger partial charge is 0.229 e. The lowest BCUT2D eigenvalue weighted by Gasteiger charge is -2.02. The number of rotatable bonds is 0. The summed E-state index contributed by atoms with van der Waals surface area (Å²) < 4.78 is 21.7. The maximum atomic E-state index is 10.9. The molecule has 0 spiro atoms. The predicted octanol–water partition coefficient (Wildman–Crippen LogP) is 0.687. The van der Waals surface area contributed by atoms with Crippen molar-refractivity contribution in [1.29, 1.82) is 0 Å². The molecule has 9 heavy (non-hydrogen) atoms. The van der Waals surface area contributed by atoms with Crippen molar-refractivity contribution in [3.8, 4) is 0 Å². The normalized spacial score (nSPS) is 41.1. The van der Waals surface area contributed by atoms with Crippen LogP contribution in [0.1, 0.15) is 13.8 Å². The summed E-state index contributed by atoms with van der Waals surface area (Å²) in [5.41, 5.74) is 0. The minimum Gasteiger partial charge on any atom is -0.229 e. The molecule has 1 aliphatic heterocycles. The fraction of sp³-hybridized carbons (Fsp3) is 1.00. The molecule has 1 aliphatic rings. The molecule has 1 rings (SSSR count). The van der Waals surface area contributed by atoms with E-state index in [-0.39, 0.29) is 0 Å². The van der Waals surface area contributed by atoms with Crippen LogP contribution in [0.25, 0.3) is 0 Å². The van der Waals surface area contributed by atoms with Gasteiger partial charge in [0, 0.05) is 0 Å². The Morgan fingerprint density at radius 3 is 1.56 bits per heavy atom. The van der Waals surface area contributed by atoms with E-state index in [0.717, 1.165) is 0 Å². The molecule has 3 heteroatoms. The summed E-state index contributed by atoms with van der Waals surface area (Å²) in [5, 5.41) is 0. The minimum atomic E-state index is -2.64. The third kappa shape index (κ3) is 1.45. The van der Waals surface area contributed by atoms with Gasteiger partial charge in [0.1, 0.15) is 0 Å². The Labute approximate surface area is 56.2 Å². The Kier molecular flexibility index (Phi) is 1.55. The average Bonchev–Trinajstić information content (AvgIpc) is 1.79. The molecule has 0 aromatic carbocycles. The molecule has 0 radical (unpaired) electrons. The molecule has 0 bridgehead atoms. The number of sulfone groups is 1. The Hall–Kier alpha value is -0.0500. The van der Waals surface area contributed by atoms with Crippen LogP contribution in [-0.2, 0) is 9.84 Å². The summed E-state index contributed by atoms with van der Waals surface area (Å²) in [6.07, 6.45) is 0. The van der Waals surface area contributed by atoms with Gasteiger partial charge in [-0.3, -0.25) is 0 Å². The van der Waals surface area contributed by atoms with E-state index in [1.807, 2.05) is 13.8 Å². The maximum absolute atomic E-state index is 10.9. The topological polar surface area (TPSA) is 34.1 Å². The van der Waals surface area contributed by atoms with E-state index in [2.05, 4.69) is 0 Å². The third-order valence-corrected chi connectivity index (χ3v) is 4.07. The van der Waals surface area contributed by atoms with Crippen molar-refractivity contribution in [2.75, 3.05) is 11.5 Å². The molecule has 2 nitrogen and oxygen atoms in total. The quantitative estimate of drug-likeness (QED) is 0.506. The highest BCUT2D eigenvalue weighted by molar-refractivity contribution is 7.91. The molecule has 0 N–H and O–H groups in total. The standard InChI is InChI=1S/C6H12O2S/c1-5-3-9(7,8)4-6(5)2/h5-6H,3-4H2,1-2H3. The van der Waals surface area contributed by atoms with Crippen LogP contribution in [0.4, 0.5) is 0 Å². The van der Waals surface area contributed by atoms with Gasteiger partial charge in [-0.1, -0.05) is 13.8 Å². The molecule has 0 aromatic rings. The smallest absolute Gasteiger partial charge is 0.150 e. The van der Waals surface area contributed by atoms with Crippen molar-refractivity contribution in [3.63, 3.8) is 0 Å². The van der Waals surface area contributed by atoms with Gasteiger partial charge in [0.15, 0.2) is 9.84 Å². The van der Waals surface area contributed by atoms with Crippen LogP contribution in [0, 0.1) is 11.8 Å². The lowest BCUT2D eigenvalue weighted by atomic mass is 10.0. The van der Waals surface area contributed by atoms with Crippen molar-refractivity contribution in [1.82, 2.24) is 0 Å². The second-order valence-electron chi connectivity index (χ2n) is 3.03. The fourth-order valence-corrected chi connectivity index (χ4v) is 3.59. The van der Waals surface area contributed by atoms with Crippen molar-refractivity contribution < 1.29 is 8.42 Å². The van der Waals surface area contributed by atoms with Crippen molar-refractivity contribution in [2.24, 2.45) is 11.8 Å². The zero-order valence-electron chi connectivity index (χ0n) is 5.79. The first-order valence-corrected chi connectivity index (χ1v) is 5.04. The van der Waals surface area contributed by atoms with Crippen LogP contribution in [0.2, 0.25) is 0 Å². The highest BCUT2D eigenvalue weighted by Crippen LogP contribution is 2.23. The van der Waals surface area contributed by atoms with E-state index in [9.17, 15) is 8.42 Å². The zero-order valence-corrected chi connectivity index (χ0v) is 6.61. The van der Waals surface area contributed by atoms with Gasteiger partial charge in [0.25, 0.3) is 0 Å². The van der Waals surface area contributed by atoms with Gasteiger partial charge in [0.05, 0.1) is 11.5 Å².